The van der Waals surface area contributed by atoms with Crippen LogP contribution in [0.1, 0.15) is 36.7 Å². The largest absolute Gasteiger partial charge is 0.426 e. The third kappa shape index (κ3) is 4.89. The molecule has 0 atom stereocenters. The van der Waals surface area contributed by atoms with Crippen molar-refractivity contribution in [1.29, 1.82) is 0 Å². The van der Waals surface area contributed by atoms with Gasteiger partial charge >= 0.3 is 11.9 Å². The van der Waals surface area contributed by atoms with E-state index in [0.717, 1.165) is 0 Å². The highest BCUT2D eigenvalue weighted by atomic mass is 16.5. The Morgan fingerprint density at radius 2 is 1.23 bits per heavy atom. The van der Waals surface area contributed by atoms with Crippen LogP contribution in [-0.2, 0) is 9.59 Å². The Balaban J connectivity index is 2.07. The van der Waals surface area contributed by atoms with Crippen LogP contribution in [0.2, 0.25) is 0 Å². The lowest BCUT2D eigenvalue weighted by Crippen LogP contribution is -2.14. The Labute approximate surface area is 152 Å². The Morgan fingerprint density at radius 1 is 0.808 bits per heavy atom. The van der Waals surface area contributed by atoms with Crippen molar-refractivity contribution in [2.75, 3.05) is 0 Å². The second-order valence-electron chi connectivity index (χ2n) is 6.12. The van der Waals surface area contributed by atoms with Crippen LogP contribution in [-0.4, -0.2) is 17.7 Å². The first-order valence-corrected chi connectivity index (χ1v) is 8.12. The van der Waals surface area contributed by atoms with Gasteiger partial charge in [0.25, 0.3) is 0 Å². The third-order valence-electron chi connectivity index (χ3n) is 3.48. The highest BCUT2D eigenvalue weighted by Gasteiger charge is 2.13. The SMILES string of the molecule is C=C(C)C(=O)Oc1ccc(C(=O)c2ccc(OC(=O)C(C)C)cc2)cc1. The average Bonchev–Trinajstić information content (AvgIpc) is 2.62. The van der Waals surface area contributed by atoms with E-state index in [1.54, 1.807) is 69.3 Å². The van der Waals surface area contributed by atoms with E-state index in [1.165, 1.54) is 0 Å². The summed E-state index contributed by atoms with van der Waals surface area (Å²) in [4.78, 5) is 35.6. The van der Waals surface area contributed by atoms with E-state index in [1.807, 2.05) is 0 Å². The lowest BCUT2D eigenvalue weighted by Gasteiger charge is -2.08. The van der Waals surface area contributed by atoms with Crippen LogP contribution in [0.4, 0.5) is 0 Å². The first kappa shape index (κ1) is 19.1. The summed E-state index contributed by atoms with van der Waals surface area (Å²) in [5.74, 6) is -0.536. The number of ether oxygens (including phenoxy) is 2. The van der Waals surface area contributed by atoms with Crippen molar-refractivity contribution in [2.24, 2.45) is 5.92 Å². The molecule has 2 rings (SSSR count). The topological polar surface area (TPSA) is 69.7 Å². The molecule has 0 saturated heterocycles. The normalized spacial score (nSPS) is 10.3. The summed E-state index contributed by atoms with van der Waals surface area (Å²) < 4.78 is 10.3. The van der Waals surface area contributed by atoms with Crippen LogP contribution < -0.4 is 9.47 Å². The first-order valence-electron chi connectivity index (χ1n) is 8.12. The third-order valence-corrected chi connectivity index (χ3v) is 3.48. The standard InChI is InChI=1S/C21H20O5/c1-13(2)20(23)25-17-9-5-15(6-10-17)19(22)16-7-11-18(12-8-16)26-21(24)14(3)4/h5-12,14H,1H2,2-4H3. The minimum atomic E-state index is -0.518. The van der Waals surface area contributed by atoms with Gasteiger partial charge in [-0.05, 0) is 55.5 Å². The summed E-state index contributed by atoms with van der Waals surface area (Å²) in [7, 11) is 0. The van der Waals surface area contributed by atoms with E-state index in [0.29, 0.717) is 28.2 Å². The van der Waals surface area contributed by atoms with Crippen molar-refractivity contribution in [3.05, 3.63) is 71.8 Å². The summed E-state index contributed by atoms with van der Waals surface area (Å²) in [5.41, 5.74) is 1.21. The second-order valence-corrected chi connectivity index (χ2v) is 6.12. The molecule has 0 N–H and O–H groups in total. The van der Waals surface area contributed by atoms with Gasteiger partial charge in [0.15, 0.2) is 5.78 Å². The maximum atomic E-state index is 12.5. The van der Waals surface area contributed by atoms with Gasteiger partial charge in [-0.25, -0.2) is 4.79 Å². The molecule has 0 aliphatic heterocycles. The lowest BCUT2D eigenvalue weighted by molar-refractivity contribution is -0.137. The molecule has 0 fully saturated rings. The number of carbonyl (C=O) groups excluding carboxylic acids is 3. The van der Waals surface area contributed by atoms with E-state index < -0.39 is 5.97 Å². The highest BCUT2D eigenvalue weighted by Crippen LogP contribution is 2.19. The van der Waals surface area contributed by atoms with Crippen molar-refractivity contribution < 1.29 is 23.9 Å². The number of rotatable bonds is 6. The van der Waals surface area contributed by atoms with Crippen LogP contribution >= 0.6 is 0 Å². The maximum Gasteiger partial charge on any atom is 0.338 e. The molecule has 0 heterocycles. The monoisotopic (exact) mass is 352 g/mol. The summed E-state index contributed by atoms with van der Waals surface area (Å²) in [6.07, 6.45) is 0. The molecular weight excluding hydrogens is 332 g/mol. The van der Waals surface area contributed by atoms with Gasteiger partial charge in [0.2, 0.25) is 0 Å². The number of benzene rings is 2. The molecule has 5 heteroatoms. The van der Waals surface area contributed by atoms with Crippen molar-refractivity contribution in [3.63, 3.8) is 0 Å². The Morgan fingerprint density at radius 3 is 1.62 bits per heavy atom. The quantitative estimate of drug-likeness (QED) is 0.341. The molecule has 5 nitrogen and oxygen atoms in total. The predicted molar refractivity (Wildman–Crippen MR) is 97.2 cm³/mol. The molecule has 0 spiro atoms. The summed E-state index contributed by atoms with van der Waals surface area (Å²) in [6.45, 7) is 8.56. The summed E-state index contributed by atoms with van der Waals surface area (Å²) >= 11 is 0. The fourth-order valence-corrected chi connectivity index (χ4v) is 1.94. The molecule has 134 valence electrons. The average molecular weight is 352 g/mol. The number of carbonyl (C=O) groups is 3. The fourth-order valence-electron chi connectivity index (χ4n) is 1.94. The van der Waals surface area contributed by atoms with Gasteiger partial charge in [-0.3, -0.25) is 9.59 Å². The molecule has 0 bridgehead atoms. The number of ketones is 1. The molecule has 2 aromatic rings. The zero-order valence-corrected chi connectivity index (χ0v) is 14.9. The minimum absolute atomic E-state index is 0.190. The van der Waals surface area contributed by atoms with Crippen LogP contribution in [0.15, 0.2) is 60.7 Å². The van der Waals surface area contributed by atoms with E-state index in [4.69, 9.17) is 9.47 Å². The van der Waals surface area contributed by atoms with E-state index >= 15 is 0 Å². The summed E-state index contributed by atoms with van der Waals surface area (Å²) in [5, 5.41) is 0. The molecule has 0 aliphatic carbocycles. The van der Waals surface area contributed by atoms with Crippen molar-refractivity contribution in [2.45, 2.75) is 20.8 Å². The Bertz CT molecular complexity index is 830. The van der Waals surface area contributed by atoms with Crippen molar-refractivity contribution in [1.82, 2.24) is 0 Å². The molecule has 0 radical (unpaired) electrons. The van der Waals surface area contributed by atoms with Gasteiger partial charge in [-0.1, -0.05) is 20.4 Å². The first-order chi connectivity index (χ1) is 12.3. The lowest BCUT2D eigenvalue weighted by atomic mass is 10.0. The Hall–Kier alpha value is -3.21. The molecular formula is C21H20O5. The summed E-state index contributed by atoms with van der Waals surface area (Å²) in [6, 6.07) is 12.6. The zero-order valence-electron chi connectivity index (χ0n) is 14.9. The van der Waals surface area contributed by atoms with Crippen molar-refractivity contribution in [3.8, 4) is 11.5 Å². The van der Waals surface area contributed by atoms with Crippen LogP contribution in [0.3, 0.4) is 0 Å². The predicted octanol–water partition coefficient (Wildman–Crippen LogP) is 3.96. The molecule has 26 heavy (non-hydrogen) atoms. The van der Waals surface area contributed by atoms with Gasteiger partial charge in [-0.2, -0.15) is 0 Å². The van der Waals surface area contributed by atoms with Gasteiger partial charge in [0.05, 0.1) is 5.92 Å². The zero-order chi connectivity index (χ0) is 19.3. The van der Waals surface area contributed by atoms with Crippen LogP contribution in [0.25, 0.3) is 0 Å². The molecule has 0 aliphatic rings. The van der Waals surface area contributed by atoms with E-state index in [-0.39, 0.29) is 17.7 Å². The number of hydrogen-bond donors (Lipinski definition) is 0. The minimum Gasteiger partial charge on any atom is -0.426 e. The smallest absolute Gasteiger partial charge is 0.338 e. The van der Waals surface area contributed by atoms with E-state index in [2.05, 4.69) is 6.58 Å². The van der Waals surface area contributed by atoms with E-state index in [9.17, 15) is 14.4 Å². The van der Waals surface area contributed by atoms with Crippen molar-refractivity contribution >= 4 is 17.7 Å². The van der Waals surface area contributed by atoms with Gasteiger partial charge in [0.1, 0.15) is 11.5 Å². The van der Waals surface area contributed by atoms with Gasteiger partial charge in [-0.15, -0.1) is 0 Å². The molecule has 0 unspecified atom stereocenters. The fraction of sp³-hybridized carbons (Fsp3) is 0.190. The van der Waals surface area contributed by atoms with Gasteiger partial charge in [0, 0.05) is 16.7 Å². The second kappa shape index (κ2) is 8.25. The van der Waals surface area contributed by atoms with Crippen LogP contribution in [0.5, 0.6) is 11.5 Å². The molecule has 0 aromatic heterocycles. The van der Waals surface area contributed by atoms with Gasteiger partial charge < -0.3 is 9.47 Å². The highest BCUT2D eigenvalue weighted by molar-refractivity contribution is 6.09. The molecule has 2 aromatic carbocycles. The maximum absolute atomic E-state index is 12.5. The van der Waals surface area contributed by atoms with Crippen LogP contribution in [0, 0.1) is 5.92 Å². The molecule has 0 saturated carbocycles. The Kier molecular flexibility index (Phi) is 6.07. The molecule has 0 amide bonds. The number of hydrogen-bond acceptors (Lipinski definition) is 5. The number of esters is 2.